The standard InChI is InChI=1S/C17H24BrF3N4/c1-22-16(24(2)10-13-3-5-15(18)6-4-13)23-9-14-7-8-25(11-14)12-17(19,20)21/h3-6,14H,7-12H2,1-2H3,(H,22,23). The number of aliphatic imine (C=N–C) groups is 1. The van der Waals surface area contributed by atoms with E-state index in [1.54, 1.807) is 7.05 Å². The maximum absolute atomic E-state index is 12.5. The molecule has 25 heavy (non-hydrogen) atoms. The fourth-order valence-electron chi connectivity index (χ4n) is 3.04. The van der Waals surface area contributed by atoms with Crippen LogP contribution in [-0.2, 0) is 6.54 Å². The summed E-state index contributed by atoms with van der Waals surface area (Å²) in [5.41, 5.74) is 1.16. The molecule has 0 amide bonds. The van der Waals surface area contributed by atoms with Gasteiger partial charge in [0.15, 0.2) is 5.96 Å². The highest BCUT2D eigenvalue weighted by Crippen LogP contribution is 2.22. The van der Waals surface area contributed by atoms with Crippen LogP contribution >= 0.6 is 15.9 Å². The quantitative estimate of drug-likeness (QED) is 0.585. The summed E-state index contributed by atoms with van der Waals surface area (Å²) in [6.07, 6.45) is -3.35. The molecule has 2 rings (SSSR count). The Kier molecular flexibility index (Phi) is 7.13. The van der Waals surface area contributed by atoms with E-state index < -0.39 is 12.7 Å². The van der Waals surface area contributed by atoms with Crippen molar-refractivity contribution in [3.8, 4) is 0 Å². The number of rotatable bonds is 5. The molecule has 1 aliphatic rings. The van der Waals surface area contributed by atoms with Crippen molar-refractivity contribution in [3.05, 3.63) is 34.3 Å². The summed E-state index contributed by atoms with van der Waals surface area (Å²) in [7, 11) is 3.66. The van der Waals surface area contributed by atoms with Crippen molar-refractivity contribution in [2.45, 2.75) is 19.1 Å². The van der Waals surface area contributed by atoms with Crippen LogP contribution < -0.4 is 5.32 Å². The van der Waals surface area contributed by atoms with Crippen molar-refractivity contribution in [3.63, 3.8) is 0 Å². The van der Waals surface area contributed by atoms with Gasteiger partial charge in [-0.1, -0.05) is 28.1 Å². The first-order chi connectivity index (χ1) is 11.8. The van der Waals surface area contributed by atoms with E-state index in [-0.39, 0.29) is 5.92 Å². The predicted molar refractivity (Wildman–Crippen MR) is 97.6 cm³/mol. The van der Waals surface area contributed by atoms with E-state index in [0.717, 1.165) is 22.4 Å². The summed E-state index contributed by atoms with van der Waals surface area (Å²) in [6.45, 7) is 1.49. The second-order valence-corrected chi connectivity index (χ2v) is 7.33. The lowest BCUT2D eigenvalue weighted by atomic mass is 10.1. The van der Waals surface area contributed by atoms with Gasteiger partial charge >= 0.3 is 6.18 Å². The number of hydrogen-bond acceptors (Lipinski definition) is 2. The molecule has 1 aliphatic heterocycles. The topological polar surface area (TPSA) is 30.9 Å². The number of guanidine groups is 1. The van der Waals surface area contributed by atoms with E-state index >= 15 is 0 Å². The van der Waals surface area contributed by atoms with Crippen LogP contribution in [0.15, 0.2) is 33.7 Å². The summed E-state index contributed by atoms with van der Waals surface area (Å²) >= 11 is 3.42. The molecule has 1 N–H and O–H groups in total. The zero-order valence-electron chi connectivity index (χ0n) is 14.5. The molecule has 140 valence electrons. The third-order valence-electron chi connectivity index (χ3n) is 4.23. The first kappa shape index (κ1) is 20.0. The van der Waals surface area contributed by atoms with E-state index in [4.69, 9.17) is 0 Å². The van der Waals surface area contributed by atoms with Crippen LogP contribution in [0.3, 0.4) is 0 Å². The molecule has 0 radical (unpaired) electrons. The molecule has 1 aromatic rings. The highest BCUT2D eigenvalue weighted by molar-refractivity contribution is 9.10. The highest BCUT2D eigenvalue weighted by atomic mass is 79.9. The molecule has 0 bridgehead atoms. The van der Waals surface area contributed by atoms with E-state index in [2.05, 4.69) is 26.2 Å². The predicted octanol–water partition coefficient (Wildman–Crippen LogP) is 3.34. The number of benzene rings is 1. The summed E-state index contributed by atoms with van der Waals surface area (Å²) in [5, 5.41) is 3.28. The number of likely N-dealkylation sites (tertiary alicyclic amines) is 1. The lowest BCUT2D eigenvalue weighted by molar-refractivity contribution is -0.143. The van der Waals surface area contributed by atoms with Crippen molar-refractivity contribution in [2.24, 2.45) is 10.9 Å². The van der Waals surface area contributed by atoms with E-state index in [0.29, 0.717) is 26.2 Å². The van der Waals surface area contributed by atoms with Crippen LogP contribution in [0, 0.1) is 5.92 Å². The number of nitrogens with zero attached hydrogens (tertiary/aromatic N) is 3. The van der Waals surface area contributed by atoms with Crippen molar-refractivity contribution >= 4 is 21.9 Å². The Morgan fingerprint density at radius 2 is 2.04 bits per heavy atom. The molecule has 1 aromatic carbocycles. The minimum absolute atomic E-state index is 0.209. The summed E-state index contributed by atoms with van der Waals surface area (Å²) < 4.78 is 38.4. The zero-order valence-corrected chi connectivity index (χ0v) is 16.1. The SMILES string of the molecule is CN=C(NCC1CCN(CC(F)(F)F)C1)N(C)Cc1ccc(Br)cc1. The Morgan fingerprint density at radius 1 is 1.36 bits per heavy atom. The Bertz CT molecular complexity index is 574. The van der Waals surface area contributed by atoms with Crippen molar-refractivity contribution < 1.29 is 13.2 Å². The van der Waals surface area contributed by atoms with Crippen molar-refractivity contribution in [1.82, 2.24) is 15.1 Å². The molecular weight excluding hydrogens is 397 g/mol. The van der Waals surface area contributed by atoms with Crippen LogP contribution in [0.4, 0.5) is 13.2 Å². The largest absolute Gasteiger partial charge is 0.401 e. The van der Waals surface area contributed by atoms with Gasteiger partial charge in [-0.05, 0) is 36.6 Å². The maximum atomic E-state index is 12.5. The fourth-order valence-corrected chi connectivity index (χ4v) is 3.30. The van der Waals surface area contributed by atoms with E-state index in [1.807, 2.05) is 36.2 Å². The molecule has 0 aromatic heterocycles. The Labute approximate surface area is 155 Å². The van der Waals surface area contributed by atoms with Gasteiger partial charge in [-0.3, -0.25) is 9.89 Å². The average molecular weight is 421 g/mol. The summed E-state index contributed by atoms with van der Waals surface area (Å²) in [4.78, 5) is 7.75. The maximum Gasteiger partial charge on any atom is 0.401 e. The molecule has 0 aliphatic carbocycles. The Morgan fingerprint density at radius 3 is 2.64 bits per heavy atom. The van der Waals surface area contributed by atoms with Gasteiger partial charge in [-0.15, -0.1) is 0 Å². The number of alkyl halides is 3. The van der Waals surface area contributed by atoms with Gasteiger partial charge in [0.2, 0.25) is 0 Å². The first-order valence-electron chi connectivity index (χ1n) is 8.22. The minimum Gasteiger partial charge on any atom is -0.356 e. The van der Waals surface area contributed by atoms with Crippen LogP contribution in [0.2, 0.25) is 0 Å². The second kappa shape index (κ2) is 8.89. The number of nitrogens with one attached hydrogen (secondary N) is 1. The Balaban J connectivity index is 1.79. The van der Waals surface area contributed by atoms with E-state index in [1.165, 1.54) is 4.90 Å². The number of hydrogen-bond donors (Lipinski definition) is 1. The molecule has 1 saturated heterocycles. The Hall–Kier alpha value is -1.28. The average Bonchev–Trinajstić information content (AvgIpc) is 2.95. The zero-order chi connectivity index (χ0) is 18.4. The minimum atomic E-state index is -4.12. The van der Waals surface area contributed by atoms with Gasteiger partial charge in [-0.2, -0.15) is 13.2 Å². The fraction of sp³-hybridized carbons (Fsp3) is 0.588. The van der Waals surface area contributed by atoms with E-state index in [9.17, 15) is 13.2 Å². The molecule has 1 unspecified atom stereocenters. The molecule has 0 saturated carbocycles. The molecule has 8 heteroatoms. The van der Waals surface area contributed by atoms with Gasteiger partial charge in [0.1, 0.15) is 0 Å². The summed E-state index contributed by atoms with van der Waals surface area (Å²) in [5.74, 6) is 0.956. The molecule has 1 heterocycles. The lowest BCUT2D eigenvalue weighted by Gasteiger charge is -2.24. The summed E-state index contributed by atoms with van der Waals surface area (Å²) in [6, 6.07) is 8.07. The molecule has 1 atom stereocenters. The van der Waals surface area contributed by atoms with Crippen molar-refractivity contribution in [2.75, 3.05) is 40.3 Å². The monoisotopic (exact) mass is 420 g/mol. The van der Waals surface area contributed by atoms with Crippen LogP contribution in [0.1, 0.15) is 12.0 Å². The second-order valence-electron chi connectivity index (χ2n) is 6.42. The highest BCUT2D eigenvalue weighted by Gasteiger charge is 2.34. The van der Waals surface area contributed by atoms with Crippen LogP contribution in [-0.4, -0.2) is 62.2 Å². The number of halogens is 4. The molecule has 1 fully saturated rings. The molecular formula is C17H24BrF3N4. The van der Waals surface area contributed by atoms with Crippen molar-refractivity contribution in [1.29, 1.82) is 0 Å². The van der Waals surface area contributed by atoms with Gasteiger partial charge in [0.05, 0.1) is 6.54 Å². The third-order valence-corrected chi connectivity index (χ3v) is 4.76. The normalized spacial score (nSPS) is 19.3. The third kappa shape index (κ3) is 6.86. The lowest BCUT2D eigenvalue weighted by Crippen LogP contribution is -2.41. The van der Waals surface area contributed by atoms with Gasteiger partial charge in [0, 0.05) is 38.2 Å². The molecule has 0 spiro atoms. The first-order valence-corrected chi connectivity index (χ1v) is 9.01. The molecule has 4 nitrogen and oxygen atoms in total. The van der Waals surface area contributed by atoms with Gasteiger partial charge in [0.25, 0.3) is 0 Å². The van der Waals surface area contributed by atoms with Gasteiger partial charge in [-0.25, -0.2) is 0 Å². The van der Waals surface area contributed by atoms with Crippen LogP contribution in [0.5, 0.6) is 0 Å². The van der Waals surface area contributed by atoms with Crippen LogP contribution in [0.25, 0.3) is 0 Å². The smallest absolute Gasteiger partial charge is 0.356 e. The van der Waals surface area contributed by atoms with Gasteiger partial charge < -0.3 is 10.2 Å².